The summed E-state index contributed by atoms with van der Waals surface area (Å²) in [7, 11) is 0. The van der Waals surface area contributed by atoms with Crippen molar-refractivity contribution >= 4 is 17.6 Å². The van der Waals surface area contributed by atoms with E-state index in [-0.39, 0.29) is 0 Å². The molecule has 5 heteroatoms. The molecule has 0 saturated heterocycles. The van der Waals surface area contributed by atoms with E-state index in [9.17, 15) is 0 Å². The number of nitrogens with one attached hydrogen (secondary N) is 2. The number of hydrogen-bond acceptors (Lipinski definition) is 5. The molecular weight excluding hydrogens is 220 g/mol. The maximum atomic E-state index is 4.56. The molecular formula is C11H18N4S. The van der Waals surface area contributed by atoms with Crippen molar-refractivity contribution in [2.75, 3.05) is 18.1 Å². The fourth-order valence-corrected chi connectivity index (χ4v) is 2.20. The Balaban J connectivity index is 2.39. The number of hydrogen-bond donors (Lipinski definition) is 2. The summed E-state index contributed by atoms with van der Waals surface area (Å²) in [6.45, 7) is 6.14. The molecule has 0 atom stereocenters. The van der Waals surface area contributed by atoms with E-state index in [1.54, 1.807) is 11.8 Å². The van der Waals surface area contributed by atoms with E-state index in [0.29, 0.717) is 6.04 Å². The molecule has 0 fully saturated rings. The molecule has 0 aromatic carbocycles. The molecule has 2 N–H and O–H groups in total. The number of rotatable bonds is 3. The van der Waals surface area contributed by atoms with Crippen molar-refractivity contribution in [2.24, 2.45) is 0 Å². The van der Waals surface area contributed by atoms with Crippen molar-refractivity contribution in [3.8, 4) is 0 Å². The molecule has 0 amide bonds. The number of fused-ring (bicyclic) bond motifs is 1. The van der Waals surface area contributed by atoms with Gasteiger partial charge in [0.25, 0.3) is 0 Å². The zero-order valence-electron chi connectivity index (χ0n) is 10.0. The summed E-state index contributed by atoms with van der Waals surface area (Å²) in [6, 6.07) is 0.406. The summed E-state index contributed by atoms with van der Waals surface area (Å²) in [5.41, 5.74) is 2.43. The van der Waals surface area contributed by atoms with Crippen LogP contribution in [0.4, 0.5) is 5.82 Å². The minimum absolute atomic E-state index is 0.406. The van der Waals surface area contributed by atoms with E-state index in [0.717, 1.165) is 36.2 Å². The van der Waals surface area contributed by atoms with Gasteiger partial charge in [-0.15, -0.1) is 0 Å². The van der Waals surface area contributed by atoms with Crippen LogP contribution in [0, 0.1) is 0 Å². The predicted octanol–water partition coefficient (Wildman–Crippen LogP) is 1.66. The molecule has 0 saturated carbocycles. The molecule has 88 valence electrons. The molecule has 1 aromatic heterocycles. The average Bonchev–Trinajstić information content (AvgIpc) is 2.28. The van der Waals surface area contributed by atoms with Crippen LogP contribution in [0.2, 0.25) is 0 Å². The third kappa shape index (κ3) is 2.47. The van der Waals surface area contributed by atoms with Crippen LogP contribution in [-0.4, -0.2) is 28.8 Å². The van der Waals surface area contributed by atoms with Crippen molar-refractivity contribution in [1.82, 2.24) is 15.3 Å². The zero-order valence-corrected chi connectivity index (χ0v) is 10.8. The maximum absolute atomic E-state index is 4.56. The summed E-state index contributed by atoms with van der Waals surface area (Å²) < 4.78 is 0. The molecule has 0 aliphatic carbocycles. The van der Waals surface area contributed by atoms with E-state index >= 15 is 0 Å². The third-order valence-electron chi connectivity index (χ3n) is 2.52. The number of anilines is 1. The van der Waals surface area contributed by atoms with Crippen LogP contribution in [0.1, 0.15) is 25.1 Å². The fourth-order valence-electron chi connectivity index (χ4n) is 1.82. The molecule has 1 aromatic rings. The Morgan fingerprint density at radius 1 is 1.38 bits per heavy atom. The molecule has 1 aliphatic rings. The Kier molecular flexibility index (Phi) is 3.66. The standard InChI is InChI=1S/C11H18N4S/c1-7(2)13-10-8-4-5-12-6-9(8)14-11(15-10)16-3/h7,12H,4-6H2,1-3H3,(H,13,14,15). The predicted molar refractivity (Wildman–Crippen MR) is 68.0 cm³/mol. The van der Waals surface area contributed by atoms with Crippen molar-refractivity contribution in [3.63, 3.8) is 0 Å². The van der Waals surface area contributed by atoms with E-state index in [4.69, 9.17) is 0 Å². The highest BCUT2D eigenvalue weighted by atomic mass is 32.2. The number of nitrogens with zero attached hydrogens (tertiary/aromatic N) is 2. The summed E-state index contributed by atoms with van der Waals surface area (Å²) >= 11 is 1.59. The summed E-state index contributed by atoms with van der Waals surface area (Å²) in [5.74, 6) is 1.02. The Labute approximate surface area is 101 Å². The SMILES string of the molecule is CSc1nc2c(c(NC(C)C)n1)CCNC2. The number of thioether (sulfide) groups is 1. The Hall–Kier alpha value is -0.810. The van der Waals surface area contributed by atoms with Crippen LogP contribution in [0.5, 0.6) is 0 Å². The summed E-state index contributed by atoms with van der Waals surface area (Å²) in [5, 5.41) is 7.61. The first-order valence-electron chi connectivity index (χ1n) is 5.61. The Bertz CT molecular complexity index is 378. The van der Waals surface area contributed by atoms with Gasteiger partial charge in [0.1, 0.15) is 5.82 Å². The van der Waals surface area contributed by atoms with Crippen molar-refractivity contribution < 1.29 is 0 Å². The molecule has 0 unspecified atom stereocenters. The molecule has 2 rings (SSSR count). The second-order valence-electron chi connectivity index (χ2n) is 4.21. The summed E-state index contributed by atoms with van der Waals surface area (Å²) in [6.07, 6.45) is 3.02. The smallest absolute Gasteiger partial charge is 0.189 e. The van der Waals surface area contributed by atoms with Crippen LogP contribution in [0.3, 0.4) is 0 Å². The van der Waals surface area contributed by atoms with Gasteiger partial charge in [-0.3, -0.25) is 0 Å². The van der Waals surface area contributed by atoms with Gasteiger partial charge in [0.2, 0.25) is 0 Å². The average molecular weight is 238 g/mol. The maximum Gasteiger partial charge on any atom is 0.189 e. The first-order valence-corrected chi connectivity index (χ1v) is 6.84. The molecule has 16 heavy (non-hydrogen) atoms. The molecule has 2 heterocycles. The van der Waals surface area contributed by atoms with Gasteiger partial charge >= 0.3 is 0 Å². The topological polar surface area (TPSA) is 49.8 Å². The lowest BCUT2D eigenvalue weighted by atomic mass is 10.1. The number of aromatic nitrogens is 2. The molecule has 0 spiro atoms. The van der Waals surface area contributed by atoms with E-state index in [1.807, 2.05) is 6.26 Å². The quantitative estimate of drug-likeness (QED) is 0.619. The largest absolute Gasteiger partial charge is 0.368 e. The van der Waals surface area contributed by atoms with Crippen LogP contribution in [0.15, 0.2) is 5.16 Å². The van der Waals surface area contributed by atoms with E-state index in [2.05, 4.69) is 34.4 Å². The minimum Gasteiger partial charge on any atom is -0.368 e. The lowest BCUT2D eigenvalue weighted by Gasteiger charge is -2.21. The van der Waals surface area contributed by atoms with Crippen molar-refractivity contribution in [1.29, 1.82) is 0 Å². The van der Waals surface area contributed by atoms with E-state index < -0.39 is 0 Å². The zero-order chi connectivity index (χ0) is 11.5. The Morgan fingerprint density at radius 2 is 2.19 bits per heavy atom. The van der Waals surface area contributed by atoms with Gasteiger partial charge in [-0.05, 0) is 33.1 Å². The highest BCUT2D eigenvalue weighted by Gasteiger charge is 2.17. The van der Waals surface area contributed by atoms with Gasteiger partial charge in [0.15, 0.2) is 5.16 Å². The van der Waals surface area contributed by atoms with Crippen LogP contribution in [-0.2, 0) is 13.0 Å². The lowest BCUT2D eigenvalue weighted by Crippen LogP contribution is -2.27. The normalized spacial score (nSPS) is 15.0. The molecule has 1 aliphatic heterocycles. The van der Waals surface area contributed by atoms with Gasteiger partial charge in [-0.2, -0.15) is 0 Å². The first kappa shape index (κ1) is 11.7. The lowest BCUT2D eigenvalue weighted by molar-refractivity contribution is 0.613. The summed E-state index contributed by atoms with van der Waals surface area (Å²) in [4.78, 5) is 9.11. The highest BCUT2D eigenvalue weighted by Crippen LogP contribution is 2.23. The van der Waals surface area contributed by atoms with Crippen molar-refractivity contribution in [2.45, 2.75) is 38.0 Å². The van der Waals surface area contributed by atoms with Gasteiger partial charge in [-0.1, -0.05) is 11.8 Å². The minimum atomic E-state index is 0.406. The van der Waals surface area contributed by atoms with Crippen molar-refractivity contribution in [3.05, 3.63) is 11.3 Å². The fraction of sp³-hybridized carbons (Fsp3) is 0.636. The first-order chi connectivity index (χ1) is 7.70. The van der Waals surface area contributed by atoms with Crippen LogP contribution in [0.25, 0.3) is 0 Å². The third-order valence-corrected chi connectivity index (χ3v) is 3.07. The van der Waals surface area contributed by atoms with Gasteiger partial charge in [-0.25, -0.2) is 9.97 Å². The second kappa shape index (κ2) is 5.01. The molecule has 0 radical (unpaired) electrons. The second-order valence-corrected chi connectivity index (χ2v) is 4.98. The van der Waals surface area contributed by atoms with Crippen LogP contribution < -0.4 is 10.6 Å². The van der Waals surface area contributed by atoms with Gasteiger partial charge in [0, 0.05) is 18.2 Å². The van der Waals surface area contributed by atoms with Crippen LogP contribution >= 0.6 is 11.8 Å². The highest BCUT2D eigenvalue weighted by molar-refractivity contribution is 7.98. The monoisotopic (exact) mass is 238 g/mol. The molecule has 4 nitrogen and oxygen atoms in total. The van der Waals surface area contributed by atoms with Gasteiger partial charge in [0.05, 0.1) is 5.69 Å². The van der Waals surface area contributed by atoms with E-state index in [1.165, 1.54) is 5.56 Å². The molecule has 0 bridgehead atoms. The van der Waals surface area contributed by atoms with Gasteiger partial charge < -0.3 is 10.6 Å². The Morgan fingerprint density at radius 3 is 2.88 bits per heavy atom.